The smallest absolute Gasteiger partial charge is 0.176 e. The highest BCUT2D eigenvalue weighted by Crippen LogP contribution is 2.31. The highest BCUT2D eigenvalue weighted by molar-refractivity contribution is 5.83. The fraction of sp³-hybridized carbons (Fsp3) is 0.421. The lowest BCUT2D eigenvalue weighted by Gasteiger charge is -2.27. The van der Waals surface area contributed by atoms with Crippen LogP contribution < -0.4 is 10.1 Å². The molecule has 24 heavy (non-hydrogen) atoms. The summed E-state index contributed by atoms with van der Waals surface area (Å²) in [6.45, 7) is 5.17. The van der Waals surface area contributed by atoms with E-state index >= 15 is 0 Å². The number of aryl methyl sites for hydroxylation is 2. The number of hydrogen-bond acceptors (Lipinski definition) is 4. The van der Waals surface area contributed by atoms with Gasteiger partial charge in [0.05, 0.1) is 18.8 Å². The van der Waals surface area contributed by atoms with Gasteiger partial charge < -0.3 is 19.0 Å². The summed E-state index contributed by atoms with van der Waals surface area (Å²) in [5.74, 6) is 2.93. The number of imidazole rings is 1. The molecule has 1 aliphatic rings. The van der Waals surface area contributed by atoms with Crippen LogP contribution >= 0.6 is 0 Å². The Labute approximate surface area is 141 Å². The first-order valence-electron chi connectivity index (χ1n) is 8.49. The van der Waals surface area contributed by atoms with Gasteiger partial charge in [0.2, 0.25) is 0 Å². The minimum atomic E-state index is 0.151. The van der Waals surface area contributed by atoms with Crippen molar-refractivity contribution in [2.24, 2.45) is 0 Å². The summed E-state index contributed by atoms with van der Waals surface area (Å²) in [5, 5.41) is 4.78. The average molecular weight is 325 g/mol. The Balaban J connectivity index is 1.51. The van der Waals surface area contributed by atoms with E-state index in [2.05, 4.69) is 47.0 Å². The molecule has 0 amide bonds. The maximum absolute atomic E-state index is 6.06. The van der Waals surface area contributed by atoms with Gasteiger partial charge in [-0.2, -0.15) is 0 Å². The lowest BCUT2D eigenvalue weighted by atomic mass is 10.1. The van der Waals surface area contributed by atoms with E-state index < -0.39 is 0 Å². The number of rotatable bonds is 4. The van der Waals surface area contributed by atoms with Gasteiger partial charge in [0.1, 0.15) is 11.6 Å². The summed E-state index contributed by atoms with van der Waals surface area (Å²) >= 11 is 0. The number of nitrogens with one attached hydrogen (secondary N) is 1. The molecule has 2 aromatic heterocycles. The third kappa shape index (κ3) is 2.69. The second-order valence-corrected chi connectivity index (χ2v) is 6.60. The maximum Gasteiger partial charge on any atom is 0.176 e. The normalized spacial score (nSPS) is 18.5. The first-order valence-corrected chi connectivity index (χ1v) is 8.49. The molecule has 0 aliphatic carbocycles. The predicted molar refractivity (Wildman–Crippen MR) is 93.4 cm³/mol. The van der Waals surface area contributed by atoms with Gasteiger partial charge in [-0.1, -0.05) is 12.1 Å². The summed E-state index contributed by atoms with van der Waals surface area (Å²) in [6, 6.07) is 8.65. The first kappa shape index (κ1) is 15.3. The van der Waals surface area contributed by atoms with Crippen LogP contribution in [0.1, 0.15) is 36.7 Å². The van der Waals surface area contributed by atoms with E-state index in [1.807, 2.05) is 12.1 Å². The second-order valence-electron chi connectivity index (χ2n) is 6.60. The summed E-state index contributed by atoms with van der Waals surface area (Å²) < 4.78 is 13.7. The number of methoxy groups -OCH3 is 1. The van der Waals surface area contributed by atoms with Crippen LogP contribution in [0.3, 0.4) is 0 Å². The van der Waals surface area contributed by atoms with Gasteiger partial charge in [0.25, 0.3) is 0 Å². The van der Waals surface area contributed by atoms with Crippen LogP contribution in [0.5, 0.6) is 5.75 Å². The molecular weight excluding hydrogens is 302 g/mol. The lowest BCUT2D eigenvalue weighted by Crippen LogP contribution is -2.38. The van der Waals surface area contributed by atoms with Crippen molar-refractivity contribution in [1.29, 1.82) is 0 Å². The molecule has 5 nitrogen and oxygen atoms in total. The van der Waals surface area contributed by atoms with Crippen molar-refractivity contribution < 1.29 is 9.15 Å². The van der Waals surface area contributed by atoms with Crippen LogP contribution in [0.15, 0.2) is 34.9 Å². The summed E-state index contributed by atoms with van der Waals surface area (Å²) in [5.41, 5.74) is 1.92. The van der Waals surface area contributed by atoms with Gasteiger partial charge >= 0.3 is 0 Å². The van der Waals surface area contributed by atoms with Gasteiger partial charge in [-0.15, -0.1) is 0 Å². The van der Waals surface area contributed by atoms with E-state index in [9.17, 15) is 0 Å². The molecule has 4 rings (SSSR count). The molecule has 1 aromatic carbocycles. The van der Waals surface area contributed by atoms with Crippen molar-refractivity contribution in [3.8, 4) is 5.75 Å². The third-order valence-corrected chi connectivity index (χ3v) is 4.77. The fourth-order valence-corrected chi connectivity index (χ4v) is 3.59. The quantitative estimate of drug-likeness (QED) is 0.796. The maximum atomic E-state index is 6.06. The highest BCUT2D eigenvalue weighted by atomic mass is 16.5. The van der Waals surface area contributed by atoms with E-state index in [1.54, 1.807) is 7.11 Å². The molecule has 0 fully saturated rings. The number of ether oxygens (including phenoxy) is 1. The van der Waals surface area contributed by atoms with Crippen molar-refractivity contribution in [3.63, 3.8) is 0 Å². The van der Waals surface area contributed by atoms with Crippen molar-refractivity contribution in [2.45, 2.75) is 45.3 Å². The SMILES string of the molecule is COc1cccc2cc([C@H](C)N[C@@H]3CCc4nc(C)cn4C3)oc12. The zero-order valence-electron chi connectivity index (χ0n) is 14.4. The topological polar surface area (TPSA) is 52.2 Å². The van der Waals surface area contributed by atoms with E-state index in [1.165, 1.54) is 5.82 Å². The second kappa shape index (κ2) is 5.98. The minimum absolute atomic E-state index is 0.151. The third-order valence-electron chi connectivity index (χ3n) is 4.77. The molecule has 0 radical (unpaired) electrons. The van der Waals surface area contributed by atoms with E-state index in [0.29, 0.717) is 6.04 Å². The monoisotopic (exact) mass is 325 g/mol. The average Bonchev–Trinajstić information content (AvgIpc) is 3.16. The molecule has 126 valence electrons. The number of nitrogens with zero attached hydrogens (tertiary/aromatic N) is 2. The van der Waals surface area contributed by atoms with Crippen molar-refractivity contribution >= 4 is 11.0 Å². The molecule has 3 aromatic rings. The molecule has 3 heterocycles. The van der Waals surface area contributed by atoms with Crippen LogP contribution in [0.2, 0.25) is 0 Å². The molecule has 2 atom stereocenters. The van der Waals surface area contributed by atoms with Crippen LogP contribution in [0.25, 0.3) is 11.0 Å². The number of aromatic nitrogens is 2. The van der Waals surface area contributed by atoms with Crippen molar-refractivity contribution in [2.75, 3.05) is 7.11 Å². The molecular formula is C19H23N3O2. The van der Waals surface area contributed by atoms with E-state index in [4.69, 9.17) is 9.15 Å². The molecule has 1 aliphatic heterocycles. The summed E-state index contributed by atoms with van der Waals surface area (Å²) in [7, 11) is 1.67. The Morgan fingerprint density at radius 3 is 3.12 bits per heavy atom. The Hall–Kier alpha value is -2.27. The molecule has 0 bridgehead atoms. The van der Waals surface area contributed by atoms with Gasteiger partial charge in [0.15, 0.2) is 11.3 Å². The van der Waals surface area contributed by atoms with Crippen LogP contribution in [-0.2, 0) is 13.0 Å². The van der Waals surface area contributed by atoms with E-state index in [-0.39, 0.29) is 6.04 Å². The number of furan rings is 1. The van der Waals surface area contributed by atoms with Crippen LogP contribution in [0.4, 0.5) is 0 Å². The number of benzene rings is 1. The Kier molecular flexibility index (Phi) is 3.81. The number of hydrogen-bond donors (Lipinski definition) is 1. The molecule has 5 heteroatoms. The van der Waals surface area contributed by atoms with E-state index in [0.717, 1.165) is 47.6 Å². The number of fused-ring (bicyclic) bond motifs is 2. The summed E-state index contributed by atoms with van der Waals surface area (Å²) in [4.78, 5) is 4.57. The Morgan fingerprint density at radius 1 is 1.42 bits per heavy atom. The molecule has 0 saturated heterocycles. The zero-order chi connectivity index (χ0) is 16.7. The minimum Gasteiger partial charge on any atom is -0.493 e. The van der Waals surface area contributed by atoms with Crippen molar-refractivity contribution in [1.82, 2.24) is 14.9 Å². The molecule has 0 spiro atoms. The fourth-order valence-electron chi connectivity index (χ4n) is 3.59. The van der Waals surface area contributed by atoms with Crippen LogP contribution in [-0.4, -0.2) is 22.7 Å². The number of para-hydroxylation sites is 1. The van der Waals surface area contributed by atoms with Gasteiger partial charge in [-0.25, -0.2) is 4.98 Å². The van der Waals surface area contributed by atoms with Gasteiger partial charge in [0, 0.05) is 30.6 Å². The Morgan fingerprint density at radius 2 is 2.29 bits per heavy atom. The lowest BCUT2D eigenvalue weighted by molar-refractivity contribution is 0.329. The van der Waals surface area contributed by atoms with Crippen LogP contribution in [0, 0.1) is 6.92 Å². The summed E-state index contributed by atoms with van der Waals surface area (Å²) in [6.07, 6.45) is 4.26. The van der Waals surface area contributed by atoms with Gasteiger partial charge in [-0.3, -0.25) is 0 Å². The highest BCUT2D eigenvalue weighted by Gasteiger charge is 2.23. The van der Waals surface area contributed by atoms with Crippen molar-refractivity contribution in [3.05, 3.63) is 47.7 Å². The predicted octanol–water partition coefficient (Wildman–Crippen LogP) is 3.61. The zero-order valence-corrected chi connectivity index (χ0v) is 14.4. The standard InChI is InChI=1S/C19H23N3O2/c1-12-10-22-11-15(7-8-18(22)20-12)21-13(2)17-9-14-5-4-6-16(23-3)19(14)24-17/h4-6,9-10,13,15,21H,7-8,11H2,1-3H3/t13-,15+/m0/s1. The molecule has 0 unspecified atom stereocenters. The largest absolute Gasteiger partial charge is 0.493 e. The first-order chi connectivity index (χ1) is 11.6. The molecule has 1 N–H and O–H groups in total. The van der Waals surface area contributed by atoms with Gasteiger partial charge in [-0.05, 0) is 32.4 Å². The Bertz CT molecular complexity index is 865. The molecule has 0 saturated carbocycles.